The number of pyridine rings is 1. The van der Waals surface area contributed by atoms with Gasteiger partial charge in [0.25, 0.3) is 0 Å². The minimum Gasteiger partial charge on any atom is -0.493 e. The van der Waals surface area contributed by atoms with Gasteiger partial charge in [-0.1, -0.05) is 23.7 Å². The number of para-hydroxylation sites is 1. The van der Waals surface area contributed by atoms with Gasteiger partial charge >= 0.3 is 0 Å². The lowest BCUT2D eigenvalue weighted by Crippen LogP contribution is -2.30. The quantitative estimate of drug-likeness (QED) is 0.587. The van der Waals surface area contributed by atoms with Gasteiger partial charge in [0.2, 0.25) is 0 Å². The van der Waals surface area contributed by atoms with Crippen LogP contribution in [0.1, 0.15) is 6.42 Å². The molecule has 158 valence electrons. The molecule has 1 N–H and O–H groups in total. The van der Waals surface area contributed by atoms with Crippen LogP contribution in [0.25, 0.3) is 10.9 Å². The number of rotatable bonds is 7. The summed E-state index contributed by atoms with van der Waals surface area (Å²) in [6.45, 7) is 5.05. The Morgan fingerprint density at radius 1 is 1.10 bits per heavy atom. The minimum absolute atomic E-state index is 0.587. The van der Waals surface area contributed by atoms with Gasteiger partial charge in [0.05, 0.1) is 24.3 Å². The van der Waals surface area contributed by atoms with Gasteiger partial charge in [-0.25, -0.2) is 4.98 Å². The summed E-state index contributed by atoms with van der Waals surface area (Å²) in [6, 6.07) is 15.5. The van der Waals surface area contributed by atoms with Crippen LogP contribution in [0.3, 0.4) is 0 Å². The number of methoxy groups -OCH3 is 1. The largest absolute Gasteiger partial charge is 0.493 e. The molecule has 1 aliphatic rings. The van der Waals surface area contributed by atoms with E-state index in [2.05, 4.69) is 15.2 Å². The van der Waals surface area contributed by atoms with Crippen LogP contribution < -0.4 is 14.8 Å². The summed E-state index contributed by atoms with van der Waals surface area (Å²) >= 11 is 6.29. The number of nitrogens with one attached hydrogen (secondary N) is 1. The average molecular weight is 428 g/mol. The van der Waals surface area contributed by atoms with Crippen LogP contribution in [-0.2, 0) is 4.74 Å². The normalized spacial score (nSPS) is 15.0. The number of aromatic nitrogens is 1. The summed E-state index contributed by atoms with van der Waals surface area (Å²) in [5.41, 5.74) is 1.64. The van der Waals surface area contributed by atoms with Crippen LogP contribution >= 0.6 is 11.6 Å². The van der Waals surface area contributed by atoms with E-state index in [0.717, 1.165) is 61.7 Å². The molecule has 0 radical (unpaired) electrons. The summed E-state index contributed by atoms with van der Waals surface area (Å²) < 4.78 is 17.0. The van der Waals surface area contributed by atoms with Crippen molar-refractivity contribution in [1.29, 1.82) is 0 Å². The second kappa shape index (κ2) is 9.98. The van der Waals surface area contributed by atoms with Crippen molar-refractivity contribution >= 4 is 34.0 Å². The smallest absolute Gasteiger partial charge is 0.163 e. The number of ether oxygens (including phenoxy) is 3. The molecular formula is C23H26ClN3O3. The van der Waals surface area contributed by atoms with Gasteiger partial charge in [-0.2, -0.15) is 0 Å². The van der Waals surface area contributed by atoms with Crippen molar-refractivity contribution in [3.05, 3.63) is 53.6 Å². The molecule has 0 atom stereocenters. The zero-order valence-electron chi connectivity index (χ0n) is 17.1. The highest BCUT2D eigenvalue weighted by Crippen LogP contribution is 2.32. The molecule has 0 bridgehead atoms. The summed E-state index contributed by atoms with van der Waals surface area (Å²) in [6.07, 6.45) is 1.06. The summed E-state index contributed by atoms with van der Waals surface area (Å²) in [7, 11) is 1.65. The van der Waals surface area contributed by atoms with Crippen molar-refractivity contribution < 1.29 is 14.2 Å². The van der Waals surface area contributed by atoms with Gasteiger partial charge in [0, 0.05) is 43.4 Å². The fourth-order valence-corrected chi connectivity index (χ4v) is 3.73. The lowest BCUT2D eigenvalue weighted by Gasteiger charge is -2.20. The molecule has 7 heteroatoms. The Bertz CT molecular complexity index is 991. The first-order valence-electron chi connectivity index (χ1n) is 10.2. The van der Waals surface area contributed by atoms with Gasteiger partial charge in [-0.05, 0) is 36.8 Å². The van der Waals surface area contributed by atoms with Crippen LogP contribution in [0.2, 0.25) is 5.02 Å². The molecule has 1 fully saturated rings. The van der Waals surface area contributed by atoms with Crippen molar-refractivity contribution in [2.75, 3.05) is 51.9 Å². The van der Waals surface area contributed by atoms with Gasteiger partial charge in [-0.3, -0.25) is 4.90 Å². The second-order valence-corrected chi connectivity index (χ2v) is 7.56. The van der Waals surface area contributed by atoms with Crippen LogP contribution in [0.15, 0.2) is 48.5 Å². The monoisotopic (exact) mass is 427 g/mol. The Balaban J connectivity index is 1.44. The van der Waals surface area contributed by atoms with Gasteiger partial charge < -0.3 is 19.5 Å². The number of nitrogens with zero attached hydrogens (tertiary/aromatic N) is 2. The molecule has 2 heterocycles. The maximum Gasteiger partial charge on any atom is 0.163 e. The van der Waals surface area contributed by atoms with Gasteiger partial charge in [-0.15, -0.1) is 0 Å². The number of fused-ring (bicyclic) bond motifs is 1. The van der Waals surface area contributed by atoms with E-state index in [1.165, 1.54) is 0 Å². The van der Waals surface area contributed by atoms with Crippen LogP contribution in [0.5, 0.6) is 11.5 Å². The molecule has 0 unspecified atom stereocenters. The van der Waals surface area contributed by atoms with E-state index < -0.39 is 0 Å². The topological polar surface area (TPSA) is 55.8 Å². The summed E-state index contributed by atoms with van der Waals surface area (Å²) in [4.78, 5) is 7.01. The first-order valence-corrected chi connectivity index (χ1v) is 10.5. The summed E-state index contributed by atoms with van der Waals surface area (Å²) in [5, 5.41) is 4.97. The number of benzene rings is 2. The SMILES string of the molecule is COc1ccc(Nc2ccc3cccc(Cl)c3n2)cc1OCCN1CCCOCC1. The van der Waals surface area contributed by atoms with Gasteiger partial charge in [0.15, 0.2) is 11.5 Å². The Labute approximate surface area is 181 Å². The van der Waals surface area contributed by atoms with E-state index in [-0.39, 0.29) is 0 Å². The van der Waals surface area contributed by atoms with Crippen molar-refractivity contribution in [2.45, 2.75) is 6.42 Å². The number of hydrogen-bond donors (Lipinski definition) is 1. The van der Waals surface area contributed by atoms with Crippen molar-refractivity contribution in [3.63, 3.8) is 0 Å². The third-order valence-corrected chi connectivity index (χ3v) is 5.39. The molecule has 0 amide bonds. The molecule has 0 saturated carbocycles. The highest BCUT2D eigenvalue weighted by molar-refractivity contribution is 6.35. The molecular weight excluding hydrogens is 402 g/mol. The first kappa shape index (κ1) is 20.7. The standard InChI is InChI=1S/C23H26ClN3O3/c1-28-20-8-7-18(16-21(20)30-15-12-27-10-3-13-29-14-11-27)25-22-9-6-17-4-2-5-19(24)23(17)26-22/h2,4-9,16H,3,10-15H2,1H3,(H,25,26). The molecule has 0 aliphatic carbocycles. The van der Waals surface area contributed by atoms with E-state index in [0.29, 0.717) is 23.1 Å². The van der Waals surface area contributed by atoms with E-state index in [4.69, 9.17) is 25.8 Å². The fraction of sp³-hybridized carbons (Fsp3) is 0.348. The Morgan fingerprint density at radius 3 is 2.93 bits per heavy atom. The zero-order valence-corrected chi connectivity index (χ0v) is 17.8. The third kappa shape index (κ3) is 5.14. The minimum atomic E-state index is 0.587. The van der Waals surface area contributed by atoms with Crippen molar-refractivity contribution in [1.82, 2.24) is 9.88 Å². The molecule has 30 heavy (non-hydrogen) atoms. The third-order valence-electron chi connectivity index (χ3n) is 5.09. The number of halogens is 1. The average Bonchev–Trinajstić information content (AvgIpc) is 3.04. The zero-order chi connectivity index (χ0) is 20.8. The highest BCUT2D eigenvalue weighted by atomic mass is 35.5. The summed E-state index contributed by atoms with van der Waals surface area (Å²) in [5.74, 6) is 2.12. The lowest BCUT2D eigenvalue weighted by atomic mass is 10.2. The molecule has 1 aromatic heterocycles. The van der Waals surface area contributed by atoms with Crippen molar-refractivity contribution in [3.8, 4) is 11.5 Å². The van der Waals surface area contributed by atoms with E-state index in [1.54, 1.807) is 7.11 Å². The van der Waals surface area contributed by atoms with Crippen LogP contribution in [0, 0.1) is 0 Å². The molecule has 3 aromatic rings. The van der Waals surface area contributed by atoms with E-state index in [9.17, 15) is 0 Å². The van der Waals surface area contributed by atoms with Gasteiger partial charge in [0.1, 0.15) is 12.4 Å². The maximum absolute atomic E-state index is 6.29. The van der Waals surface area contributed by atoms with E-state index in [1.807, 2.05) is 48.5 Å². The molecule has 1 saturated heterocycles. The maximum atomic E-state index is 6.29. The first-order chi connectivity index (χ1) is 14.7. The van der Waals surface area contributed by atoms with Crippen LogP contribution in [-0.4, -0.2) is 56.4 Å². The molecule has 1 aliphatic heterocycles. The Hall–Kier alpha value is -2.54. The molecule has 2 aromatic carbocycles. The number of hydrogen-bond acceptors (Lipinski definition) is 6. The molecule has 6 nitrogen and oxygen atoms in total. The number of anilines is 2. The lowest BCUT2D eigenvalue weighted by molar-refractivity contribution is 0.137. The van der Waals surface area contributed by atoms with Crippen LogP contribution in [0.4, 0.5) is 11.5 Å². The Morgan fingerprint density at radius 2 is 2.03 bits per heavy atom. The second-order valence-electron chi connectivity index (χ2n) is 7.15. The fourth-order valence-electron chi connectivity index (χ4n) is 3.50. The highest BCUT2D eigenvalue weighted by Gasteiger charge is 2.11. The predicted octanol–water partition coefficient (Wildman–Crippen LogP) is 4.74. The molecule has 4 rings (SSSR count). The Kier molecular flexibility index (Phi) is 6.89. The predicted molar refractivity (Wildman–Crippen MR) is 120 cm³/mol. The van der Waals surface area contributed by atoms with E-state index >= 15 is 0 Å². The molecule has 0 spiro atoms. The van der Waals surface area contributed by atoms with Crippen molar-refractivity contribution in [2.24, 2.45) is 0 Å².